The second-order valence-corrected chi connectivity index (χ2v) is 7.60. The molecule has 0 radical (unpaired) electrons. The first-order valence-corrected chi connectivity index (χ1v) is 9.23. The first-order valence-electron chi connectivity index (χ1n) is 9.23. The molecule has 0 bridgehead atoms. The fourth-order valence-electron chi connectivity index (χ4n) is 2.78. The number of benzene rings is 2. The Morgan fingerprint density at radius 3 is 2.43 bits per heavy atom. The minimum atomic E-state index is -0.183. The van der Waals surface area contributed by atoms with Gasteiger partial charge in [0.25, 0.3) is 0 Å². The molecule has 4 nitrogen and oxygen atoms in total. The van der Waals surface area contributed by atoms with Crippen molar-refractivity contribution < 1.29 is 19.7 Å². The van der Waals surface area contributed by atoms with Gasteiger partial charge in [-0.25, -0.2) is 0 Å². The lowest BCUT2D eigenvalue weighted by molar-refractivity contribution is 0.104. The number of carbonyl (C=O) groups excluding carboxylic acids is 1. The van der Waals surface area contributed by atoms with Crippen LogP contribution in [0.5, 0.6) is 17.2 Å². The van der Waals surface area contributed by atoms with Crippen LogP contribution in [-0.2, 0) is 6.42 Å². The summed E-state index contributed by atoms with van der Waals surface area (Å²) in [7, 11) is 1.52. The van der Waals surface area contributed by atoms with E-state index in [2.05, 4.69) is 27.4 Å². The van der Waals surface area contributed by atoms with E-state index in [1.54, 1.807) is 24.3 Å². The second kappa shape index (κ2) is 8.79. The van der Waals surface area contributed by atoms with Gasteiger partial charge in [-0.05, 0) is 65.8 Å². The van der Waals surface area contributed by atoms with E-state index in [0.29, 0.717) is 23.3 Å². The van der Waals surface area contributed by atoms with Crippen molar-refractivity contribution in [2.45, 2.75) is 27.2 Å². The summed E-state index contributed by atoms with van der Waals surface area (Å²) in [6.45, 7) is 10.2. The monoisotopic (exact) mass is 380 g/mol. The third-order valence-corrected chi connectivity index (χ3v) is 5.32. The Morgan fingerprint density at radius 2 is 1.86 bits per heavy atom. The predicted molar refractivity (Wildman–Crippen MR) is 113 cm³/mol. The zero-order valence-electron chi connectivity index (χ0n) is 16.9. The van der Waals surface area contributed by atoms with Gasteiger partial charge in [0, 0.05) is 17.2 Å². The van der Waals surface area contributed by atoms with Crippen LogP contribution in [-0.4, -0.2) is 23.1 Å². The number of ketones is 1. The maximum absolute atomic E-state index is 12.4. The van der Waals surface area contributed by atoms with E-state index in [4.69, 9.17) is 4.74 Å². The Balaban J connectivity index is 2.31. The number of phenolic OH excluding ortho intramolecular Hbond substituents is 2. The molecule has 0 aliphatic rings. The third-order valence-electron chi connectivity index (χ3n) is 5.32. The Bertz CT molecular complexity index is 876. The molecule has 28 heavy (non-hydrogen) atoms. The maximum atomic E-state index is 12.4. The molecule has 0 fully saturated rings. The highest BCUT2D eigenvalue weighted by molar-refractivity contribution is 6.07. The lowest BCUT2D eigenvalue weighted by Crippen LogP contribution is -2.20. The number of rotatable bonds is 8. The van der Waals surface area contributed by atoms with Gasteiger partial charge in [0.05, 0.1) is 7.11 Å². The fourth-order valence-corrected chi connectivity index (χ4v) is 2.78. The average molecular weight is 380 g/mol. The molecule has 2 rings (SSSR count). The summed E-state index contributed by atoms with van der Waals surface area (Å²) >= 11 is 0. The fraction of sp³-hybridized carbons (Fsp3) is 0.292. The molecule has 0 heterocycles. The Kier molecular flexibility index (Phi) is 6.68. The van der Waals surface area contributed by atoms with Crippen LogP contribution in [0.4, 0.5) is 0 Å². The molecule has 1 unspecified atom stereocenters. The number of phenols is 2. The van der Waals surface area contributed by atoms with E-state index in [0.717, 1.165) is 5.56 Å². The second-order valence-electron chi connectivity index (χ2n) is 7.60. The molecular formula is C24H28O4. The van der Waals surface area contributed by atoms with Gasteiger partial charge in [-0.1, -0.05) is 26.8 Å². The molecule has 0 aromatic heterocycles. The molecule has 148 valence electrons. The smallest absolute Gasteiger partial charge is 0.185 e. The molecule has 0 saturated carbocycles. The lowest BCUT2D eigenvalue weighted by atomic mass is 9.77. The van der Waals surface area contributed by atoms with E-state index in [1.165, 1.54) is 25.3 Å². The van der Waals surface area contributed by atoms with E-state index in [9.17, 15) is 15.0 Å². The molecule has 2 N–H and O–H groups in total. The highest BCUT2D eigenvalue weighted by atomic mass is 16.5. The van der Waals surface area contributed by atoms with Crippen LogP contribution < -0.4 is 4.74 Å². The minimum absolute atomic E-state index is 0.0722. The minimum Gasteiger partial charge on any atom is -0.508 e. The molecule has 0 spiro atoms. The maximum Gasteiger partial charge on any atom is 0.185 e. The van der Waals surface area contributed by atoms with Gasteiger partial charge in [-0.15, -0.1) is 6.58 Å². The highest BCUT2D eigenvalue weighted by Gasteiger charge is 2.23. The average Bonchev–Trinajstić information content (AvgIpc) is 2.68. The van der Waals surface area contributed by atoms with Crippen LogP contribution in [0, 0.1) is 11.3 Å². The van der Waals surface area contributed by atoms with Gasteiger partial charge in [0.1, 0.15) is 17.2 Å². The van der Waals surface area contributed by atoms with Crippen molar-refractivity contribution >= 4 is 11.9 Å². The number of hydrogen-bond donors (Lipinski definition) is 2. The van der Waals surface area contributed by atoms with Crippen molar-refractivity contribution in [2.75, 3.05) is 7.11 Å². The molecular weight excluding hydrogens is 352 g/mol. The summed E-state index contributed by atoms with van der Waals surface area (Å²) in [6.07, 6.45) is 5.74. The Morgan fingerprint density at radius 1 is 1.21 bits per heavy atom. The molecule has 2 aromatic carbocycles. The zero-order chi connectivity index (χ0) is 20.9. The van der Waals surface area contributed by atoms with Gasteiger partial charge >= 0.3 is 0 Å². The molecule has 4 heteroatoms. The normalized spacial score (nSPS) is 12.7. The van der Waals surface area contributed by atoms with Crippen LogP contribution in [0.2, 0.25) is 0 Å². The van der Waals surface area contributed by atoms with E-state index in [1.807, 2.05) is 12.1 Å². The topological polar surface area (TPSA) is 66.8 Å². The van der Waals surface area contributed by atoms with Crippen LogP contribution in [0.1, 0.15) is 42.3 Å². The lowest BCUT2D eigenvalue weighted by Gasteiger charge is -2.28. The molecule has 1 atom stereocenters. The molecule has 2 aromatic rings. The largest absolute Gasteiger partial charge is 0.508 e. The van der Waals surface area contributed by atoms with Crippen molar-refractivity contribution in [3.63, 3.8) is 0 Å². The highest BCUT2D eigenvalue weighted by Crippen LogP contribution is 2.35. The van der Waals surface area contributed by atoms with E-state index in [-0.39, 0.29) is 28.6 Å². The summed E-state index contributed by atoms with van der Waals surface area (Å²) in [5.74, 6) is 0.858. The SMILES string of the molecule is C=CC(C)(C)C(C)Cc1cc(/C=C/C(=O)c2ccc(O)cc2)c(OC)cc1O. The van der Waals surface area contributed by atoms with Crippen LogP contribution >= 0.6 is 0 Å². The Hall–Kier alpha value is -3.01. The number of carbonyl (C=O) groups is 1. The van der Waals surface area contributed by atoms with E-state index >= 15 is 0 Å². The van der Waals surface area contributed by atoms with Gasteiger partial charge in [-0.2, -0.15) is 0 Å². The van der Waals surface area contributed by atoms with Gasteiger partial charge in [0.15, 0.2) is 5.78 Å². The number of methoxy groups -OCH3 is 1. The Labute approximate surface area is 166 Å². The van der Waals surface area contributed by atoms with Gasteiger partial charge in [0.2, 0.25) is 0 Å². The van der Waals surface area contributed by atoms with Crippen LogP contribution in [0.3, 0.4) is 0 Å². The summed E-state index contributed by atoms with van der Waals surface area (Å²) in [5.41, 5.74) is 1.91. The zero-order valence-corrected chi connectivity index (χ0v) is 16.9. The molecule has 0 aliphatic heterocycles. The number of allylic oxidation sites excluding steroid dienone is 2. The van der Waals surface area contributed by atoms with Crippen molar-refractivity contribution in [3.8, 4) is 17.2 Å². The van der Waals surface area contributed by atoms with Crippen LogP contribution in [0.25, 0.3) is 6.08 Å². The summed E-state index contributed by atoms with van der Waals surface area (Å²) < 4.78 is 5.36. The summed E-state index contributed by atoms with van der Waals surface area (Å²) in [5, 5.41) is 19.7. The number of ether oxygens (including phenoxy) is 1. The third kappa shape index (κ3) is 5.03. The van der Waals surface area contributed by atoms with Crippen molar-refractivity contribution in [3.05, 3.63) is 71.8 Å². The van der Waals surface area contributed by atoms with Crippen molar-refractivity contribution in [1.82, 2.24) is 0 Å². The summed E-state index contributed by atoms with van der Waals surface area (Å²) in [6, 6.07) is 9.52. The first kappa shape index (κ1) is 21.3. The molecule has 0 amide bonds. The van der Waals surface area contributed by atoms with Gasteiger partial charge < -0.3 is 14.9 Å². The summed E-state index contributed by atoms with van der Waals surface area (Å²) in [4.78, 5) is 12.4. The molecule has 0 aliphatic carbocycles. The molecule has 0 saturated heterocycles. The van der Waals surface area contributed by atoms with E-state index < -0.39 is 0 Å². The predicted octanol–water partition coefficient (Wildman–Crippen LogP) is 5.39. The standard InChI is InChI=1S/C24H28O4/c1-6-24(3,4)16(2)13-19-14-18(23(28-5)15-22(19)27)9-12-21(26)17-7-10-20(25)11-8-17/h6-12,14-16,25,27H,1,13H2,2-5H3/b12-9+. The number of aromatic hydroxyl groups is 2. The van der Waals surface area contributed by atoms with Gasteiger partial charge in [-0.3, -0.25) is 4.79 Å². The van der Waals surface area contributed by atoms with Crippen molar-refractivity contribution in [2.24, 2.45) is 11.3 Å². The van der Waals surface area contributed by atoms with Crippen LogP contribution in [0.15, 0.2) is 55.1 Å². The number of hydrogen-bond acceptors (Lipinski definition) is 4. The van der Waals surface area contributed by atoms with Crippen molar-refractivity contribution in [1.29, 1.82) is 0 Å². The first-order chi connectivity index (χ1) is 13.2. The quantitative estimate of drug-likeness (QED) is 0.366.